The van der Waals surface area contributed by atoms with Crippen molar-refractivity contribution in [2.24, 2.45) is 0 Å². The number of methoxy groups -OCH3 is 1. The first-order valence-electron chi connectivity index (χ1n) is 11.2. The van der Waals surface area contributed by atoms with Crippen LogP contribution in [0.15, 0.2) is 53.2 Å². The Bertz CT molecular complexity index is 1560. The minimum atomic E-state index is -3.00. The van der Waals surface area contributed by atoms with E-state index in [1.807, 2.05) is 24.3 Å². The molecule has 1 N–H and O–H groups in total. The molecule has 0 aliphatic carbocycles. The number of hydrogen-bond acceptors (Lipinski definition) is 9. The van der Waals surface area contributed by atoms with Crippen molar-refractivity contribution in [1.29, 1.82) is 0 Å². The summed E-state index contributed by atoms with van der Waals surface area (Å²) in [5.74, 6) is -2.45. The summed E-state index contributed by atoms with van der Waals surface area (Å²) in [6.45, 7) is 0.267. The highest BCUT2D eigenvalue weighted by molar-refractivity contribution is 5.97. The lowest BCUT2D eigenvalue weighted by Gasteiger charge is -2.11. The molecule has 0 spiro atoms. The van der Waals surface area contributed by atoms with Gasteiger partial charge in [0, 0.05) is 37.1 Å². The second kappa shape index (κ2) is 9.85. The Morgan fingerprint density at radius 1 is 1.14 bits per heavy atom. The van der Waals surface area contributed by atoms with Crippen LogP contribution in [0.2, 0.25) is 0 Å². The lowest BCUT2D eigenvalue weighted by atomic mass is 10.2. The molecule has 5 rings (SSSR count). The van der Waals surface area contributed by atoms with Crippen LogP contribution in [-0.2, 0) is 18.0 Å². The van der Waals surface area contributed by atoms with Crippen molar-refractivity contribution in [2.75, 3.05) is 13.7 Å². The van der Waals surface area contributed by atoms with Gasteiger partial charge in [-0.3, -0.25) is 9.78 Å². The topological polar surface area (TPSA) is 130 Å². The summed E-state index contributed by atoms with van der Waals surface area (Å²) in [6.07, 6.45) is 1.30. The smallest absolute Gasteiger partial charge is 0.262 e. The summed E-state index contributed by atoms with van der Waals surface area (Å²) in [6, 6.07) is 12.2. The van der Waals surface area contributed by atoms with E-state index in [1.54, 1.807) is 19.2 Å². The predicted molar refractivity (Wildman–Crippen MR) is 126 cm³/mol. The van der Waals surface area contributed by atoms with E-state index in [0.717, 1.165) is 12.3 Å². The third-order valence-electron chi connectivity index (χ3n) is 5.31. The second-order valence-corrected chi connectivity index (χ2v) is 8.30. The molecule has 1 amide bonds. The average Bonchev–Trinajstić information content (AvgIpc) is 3.53. The van der Waals surface area contributed by atoms with Crippen LogP contribution in [0.5, 0.6) is 5.88 Å². The average molecular weight is 509 g/mol. The van der Waals surface area contributed by atoms with E-state index in [4.69, 9.17) is 14.0 Å². The fourth-order valence-electron chi connectivity index (χ4n) is 3.57. The summed E-state index contributed by atoms with van der Waals surface area (Å²) >= 11 is 0. The third kappa shape index (κ3) is 5.21. The molecule has 0 saturated heterocycles. The van der Waals surface area contributed by atoms with Gasteiger partial charge in [0.25, 0.3) is 11.8 Å². The Hall–Kier alpha value is -4.52. The molecule has 190 valence electrons. The van der Waals surface area contributed by atoms with Gasteiger partial charge in [-0.2, -0.15) is 4.52 Å². The van der Waals surface area contributed by atoms with Gasteiger partial charge in [-0.25, -0.2) is 8.78 Å². The molecule has 0 aliphatic heterocycles. The number of nitrogens with zero attached hydrogens (tertiary/aromatic N) is 6. The molecule has 0 atom stereocenters. The molecule has 1 aromatic carbocycles. The molecule has 13 heteroatoms. The number of alkyl halides is 2. The summed E-state index contributed by atoms with van der Waals surface area (Å²) in [5, 5.41) is 20.8. The van der Waals surface area contributed by atoms with Crippen molar-refractivity contribution in [1.82, 2.24) is 35.3 Å². The van der Waals surface area contributed by atoms with Gasteiger partial charge >= 0.3 is 0 Å². The van der Waals surface area contributed by atoms with Gasteiger partial charge in [0.15, 0.2) is 17.1 Å². The van der Waals surface area contributed by atoms with E-state index in [9.17, 15) is 13.6 Å². The molecule has 37 heavy (non-hydrogen) atoms. The number of benzene rings is 1. The number of halogens is 2. The van der Waals surface area contributed by atoms with Gasteiger partial charge in [0.05, 0.1) is 17.8 Å². The van der Waals surface area contributed by atoms with E-state index in [1.165, 1.54) is 16.8 Å². The fourth-order valence-corrected chi connectivity index (χ4v) is 3.57. The maximum Gasteiger partial charge on any atom is 0.262 e. The number of pyridine rings is 1. The van der Waals surface area contributed by atoms with E-state index < -0.39 is 18.4 Å². The Kier molecular flexibility index (Phi) is 6.44. The van der Waals surface area contributed by atoms with Crippen molar-refractivity contribution in [2.45, 2.75) is 26.1 Å². The van der Waals surface area contributed by atoms with Crippen molar-refractivity contribution < 1.29 is 27.6 Å². The van der Waals surface area contributed by atoms with Crippen LogP contribution < -0.4 is 10.1 Å². The SMILES string of the molecule is COCc1cc(-c2nnc3c4ccccc4c(OCc4ccc(C(=O)NCC(C)(F)F)cn4)nn23)no1. The number of amides is 1. The molecule has 4 heterocycles. The van der Waals surface area contributed by atoms with E-state index in [-0.39, 0.29) is 18.8 Å². The summed E-state index contributed by atoms with van der Waals surface area (Å²) < 4.78 is 43.8. The number of carbonyl (C=O) groups is 1. The van der Waals surface area contributed by atoms with Gasteiger partial charge in [0.2, 0.25) is 11.7 Å². The standard InChI is InChI=1S/C24H21F2N7O4/c1-24(25,26)13-28-22(34)14-7-8-15(27-10-14)11-36-23-18-6-4-3-5-17(18)20-29-30-21(33(20)31-23)19-9-16(12-35-2)37-32-19/h3-10H,11-13H2,1-2H3,(H,28,34). The normalized spacial score (nSPS) is 11.8. The molecular formula is C24H21F2N7O4. The zero-order valence-electron chi connectivity index (χ0n) is 19.8. The zero-order valence-corrected chi connectivity index (χ0v) is 19.8. The van der Waals surface area contributed by atoms with Crippen LogP contribution >= 0.6 is 0 Å². The molecule has 0 saturated carbocycles. The highest BCUT2D eigenvalue weighted by Gasteiger charge is 2.22. The highest BCUT2D eigenvalue weighted by Crippen LogP contribution is 2.29. The van der Waals surface area contributed by atoms with Crippen LogP contribution in [-0.4, -0.2) is 55.4 Å². The van der Waals surface area contributed by atoms with Crippen molar-refractivity contribution in [3.05, 3.63) is 65.7 Å². The van der Waals surface area contributed by atoms with Crippen molar-refractivity contribution in [3.8, 4) is 17.4 Å². The summed E-state index contributed by atoms with van der Waals surface area (Å²) in [5.41, 5.74) is 1.62. The first-order chi connectivity index (χ1) is 17.8. The van der Waals surface area contributed by atoms with Gasteiger partial charge in [-0.1, -0.05) is 23.4 Å². The molecule has 0 bridgehead atoms. The Labute approximate surface area is 208 Å². The molecule has 0 aliphatic rings. The Morgan fingerprint density at radius 2 is 1.95 bits per heavy atom. The Morgan fingerprint density at radius 3 is 2.68 bits per heavy atom. The lowest BCUT2D eigenvalue weighted by Crippen LogP contribution is -2.34. The summed E-state index contributed by atoms with van der Waals surface area (Å²) in [7, 11) is 1.55. The number of ether oxygens (including phenoxy) is 2. The van der Waals surface area contributed by atoms with Gasteiger partial charge in [0.1, 0.15) is 13.2 Å². The highest BCUT2D eigenvalue weighted by atomic mass is 19.3. The van der Waals surface area contributed by atoms with Crippen LogP contribution in [0.1, 0.15) is 28.7 Å². The number of rotatable bonds is 9. The first-order valence-corrected chi connectivity index (χ1v) is 11.2. The second-order valence-electron chi connectivity index (χ2n) is 8.30. The zero-order chi connectivity index (χ0) is 26.0. The van der Waals surface area contributed by atoms with Crippen LogP contribution in [0.25, 0.3) is 27.9 Å². The first kappa shape index (κ1) is 24.2. The lowest BCUT2D eigenvalue weighted by molar-refractivity contribution is 0.0221. The molecule has 11 nitrogen and oxygen atoms in total. The van der Waals surface area contributed by atoms with Gasteiger partial charge in [-0.05, 0) is 18.2 Å². The number of fused-ring (bicyclic) bond motifs is 3. The number of hydrogen-bond donors (Lipinski definition) is 1. The van der Waals surface area contributed by atoms with E-state index >= 15 is 0 Å². The molecule has 4 aromatic heterocycles. The van der Waals surface area contributed by atoms with E-state index in [2.05, 4.69) is 30.8 Å². The van der Waals surface area contributed by atoms with Crippen LogP contribution in [0.3, 0.4) is 0 Å². The quantitative estimate of drug-likeness (QED) is 0.318. The molecule has 5 aromatic rings. The van der Waals surface area contributed by atoms with Crippen LogP contribution in [0, 0.1) is 0 Å². The molecule has 0 unspecified atom stereocenters. The maximum absolute atomic E-state index is 13.0. The number of carbonyl (C=O) groups excluding carboxylic acids is 1. The minimum absolute atomic E-state index is 0.0385. The molecule has 0 fully saturated rings. The van der Waals surface area contributed by atoms with Crippen LogP contribution in [0.4, 0.5) is 8.78 Å². The summed E-state index contributed by atoms with van der Waals surface area (Å²) in [4.78, 5) is 16.3. The van der Waals surface area contributed by atoms with Crippen molar-refractivity contribution >= 4 is 22.3 Å². The number of aromatic nitrogens is 6. The third-order valence-corrected chi connectivity index (χ3v) is 5.31. The van der Waals surface area contributed by atoms with Gasteiger partial charge < -0.3 is 19.3 Å². The number of nitrogens with one attached hydrogen (secondary N) is 1. The van der Waals surface area contributed by atoms with E-state index in [0.29, 0.717) is 39.9 Å². The monoisotopic (exact) mass is 509 g/mol. The molecule has 0 radical (unpaired) electrons. The maximum atomic E-state index is 13.0. The Balaban J connectivity index is 1.40. The largest absolute Gasteiger partial charge is 0.470 e. The van der Waals surface area contributed by atoms with Crippen molar-refractivity contribution in [3.63, 3.8) is 0 Å². The fraction of sp³-hybridized carbons (Fsp3) is 0.250. The van der Waals surface area contributed by atoms with Gasteiger partial charge in [-0.15, -0.1) is 15.3 Å². The predicted octanol–water partition coefficient (Wildman–Crippen LogP) is 3.44. The minimum Gasteiger partial charge on any atom is -0.470 e. The molecular weight excluding hydrogens is 488 g/mol.